The van der Waals surface area contributed by atoms with Gasteiger partial charge in [0.25, 0.3) is 0 Å². The van der Waals surface area contributed by atoms with E-state index >= 15 is 0 Å². The minimum absolute atomic E-state index is 0.0210. The van der Waals surface area contributed by atoms with Crippen LogP contribution in [0.1, 0.15) is 19.8 Å². The van der Waals surface area contributed by atoms with Crippen molar-refractivity contribution in [1.29, 1.82) is 0 Å². The Hall–Kier alpha value is -2.08. The Morgan fingerprint density at radius 3 is 2.62 bits per heavy atom. The van der Waals surface area contributed by atoms with Gasteiger partial charge in [-0.1, -0.05) is 18.5 Å². The molecule has 1 fully saturated rings. The first-order valence-corrected chi connectivity index (χ1v) is 6.92. The van der Waals surface area contributed by atoms with Gasteiger partial charge in [-0.3, -0.25) is 19.3 Å². The van der Waals surface area contributed by atoms with Gasteiger partial charge in [-0.05, 0) is 24.1 Å². The lowest BCUT2D eigenvalue weighted by atomic mass is 9.98. The van der Waals surface area contributed by atoms with Crippen molar-refractivity contribution in [2.75, 3.05) is 17.6 Å². The number of amides is 3. The number of carbonyl (C=O) groups excluding carboxylic acids is 3. The molecule has 0 unspecified atom stereocenters. The van der Waals surface area contributed by atoms with Gasteiger partial charge in [0.15, 0.2) is 0 Å². The van der Waals surface area contributed by atoms with Gasteiger partial charge in [0.05, 0.1) is 10.7 Å². The molecule has 0 atom stereocenters. The molecule has 1 aromatic rings. The third-order valence-corrected chi connectivity index (χ3v) is 3.54. The van der Waals surface area contributed by atoms with E-state index in [0.717, 1.165) is 4.90 Å². The maximum absolute atomic E-state index is 12.0. The van der Waals surface area contributed by atoms with E-state index in [2.05, 4.69) is 5.32 Å². The predicted octanol–water partition coefficient (Wildman–Crippen LogP) is 1.65. The Kier molecular flexibility index (Phi) is 4.47. The summed E-state index contributed by atoms with van der Waals surface area (Å²) < 4.78 is 0. The van der Waals surface area contributed by atoms with E-state index in [1.54, 1.807) is 12.1 Å². The maximum atomic E-state index is 12.0. The van der Waals surface area contributed by atoms with E-state index in [1.165, 1.54) is 6.07 Å². The first kappa shape index (κ1) is 15.3. The van der Waals surface area contributed by atoms with Gasteiger partial charge in [-0.15, -0.1) is 0 Å². The van der Waals surface area contributed by atoms with Crippen LogP contribution in [0, 0.1) is 5.92 Å². The standard InChI is InChI=1S/C14H16ClN3O3/c1-8-4-13(20)18(14(21)5-8)7-12(19)17-11-6-9(16)2-3-10(11)15/h2-3,6,8H,4-5,7,16H2,1H3,(H,17,19). The molecule has 112 valence electrons. The number of nitrogens with two attached hydrogens (primary N) is 1. The number of nitrogens with zero attached hydrogens (tertiary/aromatic N) is 1. The molecule has 3 N–H and O–H groups in total. The normalized spacial score (nSPS) is 16.2. The van der Waals surface area contributed by atoms with Crippen LogP contribution in [0.2, 0.25) is 5.02 Å². The number of piperidine rings is 1. The second-order valence-electron chi connectivity index (χ2n) is 5.17. The van der Waals surface area contributed by atoms with E-state index in [1.807, 2.05) is 6.92 Å². The molecule has 1 aliphatic rings. The largest absolute Gasteiger partial charge is 0.399 e. The molecule has 0 aromatic heterocycles. The van der Waals surface area contributed by atoms with E-state index in [9.17, 15) is 14.4 Å². The lowest BCUT2D eigenvalue weighted by Gasteiger charge is -2.27. The van der Waals surface area contributed by atoms with Crippen molar-refractivity contribution < 1.29 is 14.4 Å². The van der Waals surface area contributed by atoms with Gasteiger partial charge < -0.3 is 11.1 Å². The smallest absolute Gasteiger partial charge is 0.244 e. The molecule has 6 nitrogen and oxygen atoms in total. The van der Waals surface area contributed by atoms with Crippen LogP contribution in [0.25, 0.3) is 0 Å². The Morgan fingerprint density at radius 1 is 1.38 bits per heavy atom. The van der Waals surface area contributed by atoms with Gasteiger partial charge in [0, 0.05) is 18.5 Å². The Bertz CT molecular complexity index is 585. The van der Waals surface area contributed by atoms with Crippen LogP contribution in [-0.4, -0.2) is 29.2 Å². The number of nitrogen functional groups attached to an aromatic ring is 1. The zero-order valence-corrected chi connectivity index (χ0v) is 12.3. The molecule has 7 heteroatoms. The number of carbonyl (C=O) groups is 3. The van der Waals surface area contributed by atoms with E-state index in [0.29, 0.717) is 16.4 Å². The number of benzene rings is 1. The van der Waals surface area contributed by atoms with Gasteiger partial charge in [0.1, 0.15) is 6.54 Å². The van der Waals surface area contributed by atoms with Crippen LogP contribution in [0.15, 0.2) is 18.2 Å². The van der Waals surface area contributed by atoms with Crippen molar-refractivity contribution in [3.63, 3.8) is 0 Å². The van der Waals surface area contributed by atoms with Crippen LogP contribution in [0.4, 0.5) is 11.4 Å². The lowest BCUT2D eigenvalue weighted by Crippen LogP contribution is -2.46. The number of rotatable bonds is 3. The molecule has 3 amide bonds. The number of imide groups is 1. The second kappa shape index (κ2) is 6.13. The highest BCUT2D eigenvalue weighted by atomic mass is 35.5. The molecule has 0 saturated carbocycles. The molecule has 0 spiro atoms. The monoisotopic (exact) mass is 309 g/mol. The summed E-state index contributed by atoms with van der Waals surface area (Å²) in [4.78, 5) is 36.5. The van der Waals surface area contributed by atoms with E-state index < -0.39 is 5.91 Å². The highest BCUT2D eigenvalue weighted by molar-refractivity contribution is 6.33. The summed E-state index contributed by atoms with van der Waals surface area (Å²) in [7, 11) is 0. The number of hydrogen-bond acceptors (Lipinski definition) is 4. The number of likely N-dealkylation sites (tertiary alicyclic amines) is 1. The van der Waals surface area contributed by atoms with E-state index in [-0.39, 0.29) is 37.1 Å². The molecule has 21 heavy (non-hydrogen) atoms. The molecule has 0 bridgehead atoms. The summed E-state index contributed by atoms with van der Waals surface area (Å²) in [6, 6.07) is 4.69. The summed E-state index contributed by atoms with van der Waals surface area (Å²) in [5, 5.41) is 2.89. The number of halogens is 1. The quantitative estimate of drug-likeness (QED) is 0.656. The number of hydrogen-bond donors (Lipinski definition) is 2. The minimum Gasteiger partial charge on any atom is -0.399 e. The summed E-state index contributed by atoms with van der Waals surface area (Å²) in [6.07, 6.45) is 0.552. The Balaban J connectivity index is 2.03. The fourth-order valence-electron chi connectivity index (χ4n) is 2.18. The maximum Gasteiger partial charge on any atom is 0.244 e. The lowest BCUT2D eigenvalue weighted by molar-refractivity contribution is -0.151. The first-order valence-electron chi connectivity index (χ1n) is 6.55. The fraction of sp³-hybridized carbons (Fsp3) is 0.357. The highest BCUT2D eigenvalue weighted by Crippen LogP contribution is 2.24. The average Bonchev–Trinajstić information content (AvgIpc) is 2.38. The molecule has 1 saturated heterocycles. The highest BCUT2D eigenvalue weighted by Gasteiger charge is 2.31. The third-order valence-electron chi connectivity index (χ3n) is 3.21. The van der Waals surface area contributed by atoms with Crippen LogP contribution in [0.5, 0.6) is 0 Å². The van der Waals surface area contributed by atoms with Crippen molar-refractivity contribution in [2.45, 2.75) is 19.8 Å². The van der Waals surface area contributed by atoms with Gasteiger partial charge >= 0.3 is 0 Å². The van der Waals surface area contributed by atoms with Crippen molar-refractivity contribution in [2.24, 2.45) is 5.92 Å². The van der Waals surface area contributed by atoms with Crippen LogP contribution >= 0.6 is 11.6 Å². The van der Waals surface area contributed by atoms with Gasteiger partial charge in [0.2, 0.25) is 17.7 Å². The van der Waals surface area contributed by atoms with Gasteiger partial charge in [-0.2, -0.15) is 0 Å². The third kappa shape index (κ3) is 3.72. The fourth-order valence-corrected chi connectivity index (χ4v) is 2.34. The Morgan fingerprint density at radius 2 is 2.00 bits per heavy atom. The predicted molar refractivity (Wildman–Crippen MR) is 79.6 cm³/mol. The summed E-state index contributed by atoms with van der Waals surface area (Å²) in [5.41, 5.74) is 6.42. The SMILES string of the molecule is CC1CC(=O)N(CC(=O)Nc2cc(N)ccc2Cl)C(=O)C1. The second-order valence-corrected chi connectivity index (χ2v) is 5.58. The van der Waals surface area contributed by atoms with Crippen LogP contribution in [0.3, 0.4) is 0 Å². The number of nitrogens with one attached hydrogen (secondary N) is 1. The summed E-state index contributed by atoms with van der Waals surface area (Å²) >= 11 is 5.94. The minimum atomic E-state index is -0.487. The molecule has 1 aliphatic heterocycles. The first-order chi connectivity index (χ1) is 9.86. The molecular formula is C14H16ClN3O3. The zero-order chi connectivity index (χ0) is 15.6. The van der Waals surface area contributed by atoms with Crippen molar-refractivity contribution >= 4 is 40.7 Å². The molecule has 2 rings (SSSR count). The molecule has 0 radical (unpaired) electrons. The topological polar surface area (TPSA) is 92.5 Å². The molecule has 1 aromatic carbocycles. The summed E-state index contributed by atoms with van der Waals surface area (Å²) in [6.45, 7) is 1.52. The molecule has 1 heterocycles. The van der Waals surface area contributed by atoms with Crippen molar-refractivity contribution in [1.82, 2.24) is 4.90 Å². The average molecular weight is 310 g/mol. The van der Waals surface area contributed by atoms with Crippen molar-refractivity contribution in [3.05, 3.63) is 23.2 Å². The van der Waals surface area contributed by atoms with Crippen molar-refractivity contribution in [3.8, 4) is 0 Å². The van der Waals surface area contributed by atoms with E-state index in [4.69, 9.17) is 17.3 Å². The molecule has 0 aliphatic carbocycles. The summed E-state index contributed by atoms with van der Waals surface area (Å²) in [5.74, 6) is -1.12. The van der Waals surface area contributed by atoms with Crippen LogP contribution in [-0.2, 0) is 14.4 Å². The molecular weight excluding hydrogens is 294 g/mol. The van der Waals surface area contributed by atoms with Crippen LogP contribution < -0.4 is 11.1 Å². The van der Waals surface area contributed by atoms with Gasteiger partial charge in [-0.25, -0.2) is 0 Å². The zero-order valence-electron chi connectivity index (χ0n) is 11.6. The number of anilines is 2. The Labute approximate surface area is 127 Å².